The van der Waals surface area contributed by atoms with Crippen molar-refractivity contribution < 1.29 is 4.79 Å². The van der Waals surface area contributed by atoms with Crippen LogP contribution in [0.1, 0.15) is 9.67 Å². The maximum Gasteiger partial charge on any atom is 0.267 e. The van der Waals surface area contributed by atoms with Crippen molar-refractivity contribution in [1.29, 1.82) is 0 Å². The van der Waals surface area contributed by atoms with Gasteiger partial charge in [0.2, 0.25) is 0 Å². The van der Waals surface area contributed by atoms with Crippen molar-refractivity contribution in [2.45, 2.75) is 0 Å². The lowest BCUT2D eigenvalue weighted by Crippen LogP contribution is -2.10. The number of hydrogen-bond acceptors (Lipinski definition) is 2. The molecule has 5 heteroatoms. The Morgan fingerprint density at radius 1 is 1.00 bits per heavy atom. The van der Waals surface area contributed by atoms with Gasteiger partial charge in [0.25, 0.3) is 5.91 Å². The largest absolute Gasteiger partial charge is 0.320 e. The van der Waals surface area contributed by atoms with E-state index < -0.39 is 0 Å². The molecule has 0 radical (unpaired) electrons. The van der Waals surface area contributed by atoms with Crippen LogP contribution >= 0.6 is 34.5 Å². The van der Waals surface area contributed by atoms with E-state index in [1.807, 2.05) is 36.4 Å². The predicted molar refractivity (Wildman–Crippen MR) is 86.2 cm³/mol. The molecule has 0 saturated carbocycles. The van der Waals surface area contributed by atoms with Gasteiger partial charge >= 0.3 is 0 Å². The van der Waals surface area contributed by atoms with Gasteiger partial charge < -0.3 is 5.32 Å². The number of hydrogen-bond donors (Lipinski definition) is 1. The Labute approximate surface area is 129 Å². The minimum Gasteiger partial charge on any atom is -0.320 e. The molecule has 3 rings (SSSR count). The van der Waals surface area contributed by atoms with Crippen molar-refractivity contribution >= 4 is 56.2 Å². The molecule has 1 heterocycles. The van der Waals surface area contributed by atoms with Gasteiger partial charge in [-0.3, -0.25) is 4.79 Å². The predicted octanol–water partition coefficient (Wildman–Crippen LogP) is 5.46. The van der Waals surface area contributed by atoms with Gasteiger partial charge in [0.05, 0.1) is 15.7 Å². The number of halogens is 2. The van der Waals surface area contributed by atoms with Crippen LogP contribution in [0.5, 0.6) is 0 Å². The number of amides is 1. The average molecular weight is 322 g/mol. The van der Waals surface area contributed by atoms with Gasteiger partial charge in [-0.25, -0.2) is 0 Å². The van der Waals surface area contributed by atoms with Crippen molar-refractivity contribution in [1.82, 2.24) is 0 Å². The van der Waals surface area contributed by atoms with E-state index in [0.29, 0.717) is 20.6 Å². The number of carbonyl (C=O) groups excluding carboxylic acids is 1. The average Bonchev–Trinajstić information content (AvgIpc) is 2.79. The topological polar surface area (TPSA) is 29.1 Å². The second kappa shape index (κ2) is 5.44. The molecule has 0 saturated heterocycles. The summed E-state index contributed by atoms with van der Waals surface area (Å²) in [4.78, 5) is 12.8. The second-order valence-electron chi connectivity index (χ2n) is 4.18. The van der Waals surface area contributed by atoms with E-state index in [1.165, 1.54) is 11.3 Å². The summed E-state index contributed by atoms with van der Waals surface area (Å²) in [7, 11) is 0. The molecule has 0 aliphatic heterocycles. The summed E-state index contributed by atoms with van der Waals surface area (Å²) in [5, 5.41) is 4.66. The lowest BCUT2D eigenvalue weighted by atomic mass is 10.2. The van der Waals surface area contributed by atoms with Gasteiger partial charge in [-0.05, 0) is 18.2 Å². The van der Waals surface area contributed by atoms with Crippen molar-refractivity contribution in [3.8, 4) is 0 Å². The first-order valence-electron chi connectivity index (χ1n) is 5.90. The number of nitrogens with one attached hydrogen (secondary N) is 1. The Morgan fingerprint density at radius 2 is 1.70 bits per heavy atom. The molecule has 0 bridgehead atoms. The van der Waals surface area contributed by atoms with Gasteiger partial charge in [0, 0.05) is 10.1 Å². The molecule has 2 nitrogen and oxygen atoms in total. The van der Waals surface area contributed by atoms with Crippen LogP contribution in [0.4, 0.5) is 5.69 Å². The molecule has 2 aromatic carbocycles. The number of anilines is 1. The number of fused-ring (bicyclic) bond motifs is 1. The highest BCUT2D eigenvalue weighted by atomic mass is 35.5. The summed E-state index contributed by atoms with van der Waals surface area (Å²) >= 11 is 13.7. The number of rotatable bonds is 2. The number of carbonyl (C=O) groups is 1. The van der Waals surface area contributed by atoms with Crippen molar-refractivity contribution in [2.75, 3.05) is 5.32 Å². The van der Waals surface area contributed by atoms with Crippen LogP contribution in [0.15, 0.2) is 48.5 Å². The maximum atomic E-state index is 12.3. The zero-order valence-corrected chi connectivity index (χ0v) is 12.5. The van der Waals surface area contributed by atoms with E-state index in [9.17, 15) is 4.79 Å². The monoisotopic (exact) mass is 321 g/mol. The normalized spacial score (nSPS) is 10.7. The van der Waals surface area contributed by atoms with Crippen LogP contribution in [0.2, 0.25) is 10.0 Å². The highest BCUT2D eigenvalue weighted by molar-refractivity contribution is 7.21. The molecule has 0 atom stereocenters. The smallest absolute Gasteiger partial charge is 0.267 e. The van der Waals surface area contributed by atoms with Crippen molar-refractivity contribution in [3.63, 3.8) is 0 Å². The second-order valence-corrected chi connectivity index (χ2v) is 6.01. The van der Waals surface area contributed by atoms with Gasteiger partial charge in [0.1, 0.15) is 4.88 Å². The lowest BCUT2D eigenvalue weighted by Gasteiger charge is -2.05. The fraction of sp³-hybridized carbons (Fsp3) is 0. The fourth-order valence-electron chi connectivity index (χ4n) is 1.90. The summed E-state index contributed by atoms with van der Waals surface area (Å²) in [6.45, 7) is 0. The molecule has 20 heavy (non-hydrogen) atoms. The van der Waals surface area contributed by atoms with E-state index in [-0.39, 0.29) is 5.91 Å². The van der Waals surface area contributed by atoms with Gasteiger partial charge in [-0.15, -0.1) is 11.3 Å². The molecular formula is C15H9Cl2NOS. The zero-order chi connectivity index (χ0) is 14.1. The quantitative estimate of drug-likeness (QED) is 0.667. The molecule has 1 N–H and O–H groups in total. The molecule has 3 aromatic rings. The number of thiophene rings is 1. The van der Waals surface area contributed by atoms with Crippen LogP contribution in [-0.4, -0.2) is 5.91 Å². The molecule has 100 valence electrons. The van der Waals surface area contributed by atoms with E-state index in [4.69, 9.17) is 23.2 Å². The van der Waals surface area contributed by atoms with Crippen LogP contribution in [-0.2, 0) is 0 Å². The molecule has 0 aliphatic carbocycles. The molecule has 0 fully saturated rings. The Hall–Kier alpha value is -1.55. The number of benzene rings is 2. The fourth-order valence-corrected chi connectivity index (χ4v) is 3.50. The molecule has 1 amide bonds. The maximum absolute atomic E-state index is 12.3. The number of para-hydroxylation sites is 1. The third kappa shape index (κ3) is 2.40. The molecule has 0 aliphatic rings. The summed E-state index contributed by atoms with van der Waals surface area (Å²) in [6.07, 6.45) is 0. The van der Waals surface area contributed by atoms with Crippen LogP contribution in [0, 0.1) is 0 Å². The van der Waals surface area contributed by atoms with Crippen molar-refractivity contribution in [3.05, 3.63) is 63.5 Å². The molecule has 0 unspecified atom stereocenters. The first-order valence-corrected chi connectivity index (χ1v) is 7.47. The minimum atomic E-state index is -0.246. The van der Waals surface area contributed by atoms with Crippen molar-refractivity contribution in [2.24, 2.45) is 0 Å². The Bertz CT molecular complexity index is 797. The molecule has 0 spiro atoms. The molecular weight excluding hydrogens is 313 g/mol. The van der Waals surface area contributed by atoms with E-state index in [0.717, 1.165) is 10.1 Å². The van der Waals surface area contributed by atoms with Crippen LogP contribution in [0.25, 0.3) is 10.1 Å². The third-order valence-corrected chi connectivity index (χ3v) is 4.87. The highest BCUT2D eigenvalue weighted by Crippen LogP contribution is 2.35. The standard InChI is InChI=1S/C15H9Cl2NOS/c16-10-6-2-3-7-11(10)18-15(19)14-13(17)9-5-1-4-8-12(9)20-14/h1-8H,(H,18,19). The van der Waals surface area contributed by atoms with Gasteiger partial charge in [-0.2, -0.15) is 0 Å². The zero-order valence-electron chi connectivity index (χ0n) is 10.2. The summed E-state index contributed by atoms with van der Waals surface area (Å²) in [5.74, 6) is -0.246. The van der Waals surface area contributed by atoms with E-state index >= 15 is 0 Å². The Morgan fingerprint density at radius 3 is 2.45 bits per heavy atom. The van der Waals surface area contributed by atoms with Crippen LogP contribution < -0.4 is 5.32 Å². The third-order valence-electron chi connectivity index (χ3n) is 2.86. The van der Waals surface area contributed by atoms with E-state index in [1.54, 1.807) is 12.1 Å². The minimum absolute atomic E-state index is 0.246. The lowest BCUT2D eigenvalue weighted by molar-refractivity contribution is 0.103. The Balaban J connectivity index is 1.97. The van der Waals surface area contributed by atoms with Crippen LogP contribution in [0.3, 0.4) is 0 Å². The Kier molecular flexibility index (Phi) is 3.66. The first-order chi connectivity index (χ1) is 9.66. The molecule has 1 aromatic heterocycles. The highest BCUT2D eigenvalue weighted by Gasteiger charge is 2.17. The summed E-state index contributed by atoms with van der Waals surface area (Å²) in [6, 6.07) is 14.8. The van der Waals surface area contributed by atoms with E-state index in [2.05, 4.69) is 5.32 Å². The SMILES string of the molecule is O=C(Nc1ccccc1Cl)c1sc2ccccc2c1Cl. The van der Waals surface area contributed by atoms with Gasteiger partial charge in [0.15, 0.2) is 0 Å². The summed E-state index contributed by atoms with van der Waals surface area (Å²) in [5.41, 5.74) is 0.577. The first kappa shape index (κ1) is 13.4. The summed E-state index contributed by atoms with van der Waals surface area (Å²) < 4.78 is 0.988. The van der Waals surface area contributed by atoms with Gasteiger partial charge in [-0.1, -0.05) is 53.5 Å².